The molecule has 160 valence electrons. The molecule has 5 rings (SSSR count). The number of hydrogen-bond acceptors (Lipinski definition) is 5. The Morgan fingerprint density at radius 2 is 1.66 bits per heavy atom. The summed E-state index contributed by atoms with van der Waals surface area (Å²) in [4.78, 5) is 11.4. The van der Waals surface area contributed by atoms with Crippen molar-refractivity contribution in [3.05, 3.63) is 34.4 Å². The van der Waals surface area contributed by atoms with Gasteiger partial charge in [0.2, 0.25) is 0 Å². The van der Waals surface area contributed by atoms with E-state index in [9.17, 15) is 20.1 Å². The second kappa shape index (κ2) is 6.18. The van der Waals surface area contributed by atoms with Crippen molar-refractivity contribution in [3.63, 3.8) is 0 Å². The second-order valence-corrected chi connectivity index (χ2v) is 11.0. The highest BCUT2D eigenvalue weighted by atomic mass is 16.4. The van der Waals surface area contributed by atoms with Gasteiger partial charge in [-0.3, -0.25) is 0 Å². The fraction of sp³-hybridized carbons (Fsp3) is 0.792. The lowest BCUT2D eigenvalue weighted by Crippen LogP contribution is -2.67. The summed E-state index contributed by atoms with van der Waals surface area (Å²) >= 11 is 0. The molecule has 0 aliphatic heterocycles. The van der Waals surface area contributed by atoms with Gasteiger partial charge in [0, 0.05) is 17.9 Å². The Hall–Kier alpha value is -1.17. The normalized spacial score (nSPS) is 51.8. The third-order valence-electron chi connectivity index (χ3n) is 10.1. The molecule has 4 fully saturated rings. The predicted molar refractivity (Wildman–Crippen MR) is 108 cm³/mol. The van der Waals surface area contributed by atoms with Crippen molar-refractivity contribution in [2.75, 3.05) is 0 Å². The molecule has 4 aliphatic rings. The average molecular weight is 403 g/mol. The van der Waals surface area contributed by atoms with Crippen LogP contribution in [0.4, 0.5) is 0 Å². The molecular weight excluding hydrogens is 368 g/mol. The zero-order valence-corrected chi connectivity index (χ0v) is 17.6. The van der Waals surface area contributed by atoms with E-state index in [1.807, 2.05) is 6.07 Å². The lowest BCUT2D eigenvalue weighted by molar-refractivity contribution is -0.253. The first-order chi connectivity index (χ1) is 13.6. The molecule has 0 amide bonds. The van der Waals surface area contributed by atoms with Gasteiger partial charge in [-0.2, -0.15) is 0 Å². The molecule has 3 N–H and O–H groups in total. The Labute approximate surface area is 172 Å². The fourth-order valence-electron chi connectivity index (χ4n) is 8.30. The van der Waals surface area contributed by atoms with Crippen LogP contribution in [0, 0.1) is 22.7 Å². The zero-order chi connectivity index (χ0) is 20.7. The Kier molecular flexibility index (Phi) is 4.21. The van der Waals surface area contributed by atoms with Gasteiger partial charge in [0.1, 0.15) is 0 Å². The molecule has 0 unspecified atom stereocenters. The van der Waals surface area contributed by atoms with Gasteiger partial charge in [-0.15, -0.1) is 0 Å². The first kappa shape index (κ1) is 19.8. The summed E-state index contributed by atoms with van der Waals surface area (Å²) in [6.45, 7) is 4.43. The molecule has 0 radical (unpaired) electrons. The number of aliphatic hydroxyl groups excluding tert-OH is 1. The molecule has 1 aromatic rings. The summed E-state index contributed by atoms with van der Waals surface area (Å²) in [6.07, 6.45) is 8.22. The molecular formula is C24H34O5. The first-order valence-corrected chi connectivity index (χ1v) is 11.3. The predicted octanol–water partition coefficient (Wildman–Crippen LogP) is 3.36. The number of hydrogen-bond donors (Lipinski definition) is 3. The van der Waals surface area contributed by atoms with Gasteiger partial charge in [-0.1, -0.05) is 13.8 Å². The maximum atomic E-state index is 12.2. The summed E-state index contributed by atoms with van der Waals surface area (Å²) < 4.78 is 5.15. The SMILES string of the molecule is C[C@]12CC[C@H](O)C[C@@]1(O)CC[C@@H]1[C@H]2CC[C@]2(C)[C@@H](c3ccc(=O)oc3)CC[C@]12O. The highest BCUT2D eigenvalue weighted by Gasteiger charge is 2.69. The van der Waals surface area contributed by atoms with Crippen molar-refractivity contribution in [1.29, 1.82) is 0 Å². The molecule has 0 aromatic carbocycles. The van der Waals surface area contributed by atoms with Gasteiger partial charge in [-0.05, 0) is 86.2 Å². The van der Waals surface area contributed by atoms with E-state index in [4.69, 9.17) is 4.42 Å². The topological polar surface area (TPSA) is 90.9 Å². The summed E-state index contributed by atoms with van der Waals surface area (Å²) in [5.74, 6) is 0.626. The Balaban J connectivity index is 1.50. The van der Waals surface area contributed by atoms with Crippen LogP contribution >= 0.6 is 0 Å². The van der Waals surface area contributed by atoms with Crippen LogP contribution in [-0.4, -0.2) is 32.6 Å². The number of fused-ring (bicyclic) bond motifs is 5. The van der Waals surface area contributed by atoms with Crippen LogP contribution in [-0.2, 0) is 0 Å². The maximum absolute atomic E-state index is 12.2. The summed E-state index contributed by atoms with van der Waals surface area (Å²) in [5.41, 5.74) is -1.41. The summed E-state index contributed by atoms with van der Waals surface area (Å²) in [6, 6.07) is 3.35. The monoisotopic (exact) mass is 402 g/mol. The quantitative estimate of drug-likeness (QED) is 0.670. The summed E-state index contributed by atoms with van der Waals surface area (Å²) in [7, 11) is 0. The summed E-state index contributed by atoms with van der Waals surface area (Å²) in [5, 5.41) is 33.9. The van der Waals surface area contributed by atoms with Crippen molar-refractivity contribution >= 4 is 0 Å². The van der Waals surface area contributed by atoms with E-state index in [1.165, 1.54) is 6.07 Å². The van der Waals surface area contributed by atoms with Crippen molar-refractivity contribution < 1.29 is 19.7 Å². The molecule has 8 atom stereocenters. The van der Waals surface area contributed by atoms with E-state index >= 15 is 0 Å². The van der Waals surface area contributed by atoms with Crippen LogP contribution < -0.4 is 5.63 Å². The van der Waals surface area contributed by atoms with Crippen molar-refractivity contribution in [3.8, 4) is 0 Å². The van der Waals surface area contributed by atoms with Gasteiger partial charge in [-0.25, -0.2) is 4.79 Å². The first-order valence-electron chi connectivity index (χ1n) is 11.3. The van der Waals surface area contributed by atoms with Gasteiger partial charge in [0.15, 0.2) is 0 Å². The van der Waals surface area contributed by atoms with Crippen LogP contribution in [0.2, 0.25) is 0 Å². The Bertz CT molecular complexity index is 845. The van der Waals surface area contributed by atoms with Gasteiger partial charge < -0.3 is 19.7 Å². The van der Waals surface area contributed by atoms with E-state index in [2.05, 4.69) is 13.8 Å². The largest absolute Gasteiger partial charge is 0.431 e. The van der Waals surface area contributed by atoms with E-state index in [0.29, 0.717) is 12.8 Å². The van der Waals surface area contributed by atoms with Crippen LogP contribution in [0.3, 0.4) is 0 Å². The lowest BCUT2D eigenvalue weighted by Gasteiger charge is -2.66. The minimum Gasteiger partial charge on any atom is -0.431 e. The Morgan fingerprint density at radius 1 is 0.931 bits per heavy atom. The highest BCUT2D eigenvalue weighted by molar-refractivity contribution is 5.27. The zero-order valence-electron chi connectivity index (χ0n) is 17.6. The fourth-order valence-corrected chi connectivity index (χ4v) is 8.30. The minimum absolute atomic E-state index is 0.169. The minimum atomic E-state index is -0.823. The second-order valence-electron chi connectivity index (χ2n) is 11.0. The number of aliphatic hydroxyl groups is 3. The third kappa shape index (κ3) is 2.47. The van der Waals surface area contributed by atoms with E-state index in [0.717, 1.165) is 50.5 Å². The van der Waals surface area contributed by atoms with Crippen LogP contribution in [0.25, 0.3) is 0 Å². The van der Waals surface area contributed by atoms with Crippen LogP contribution in [0.5, 0.6) is 0 Å². The van der Waals surface area contributed by atoms with E-state index in [1.54, 1.807) is 6.26 Å². The highest BCUT2D eigenvalue weighted by Crippen LogP contribution is 2.71. The van der Waals surface area contributed by atoms with Crippen molar-refractivity contribution in [1.82, 2.24) is 0 Å². The molecule has 0 spiro atoms. The van der Waals surface area contributed by atoms with Gasteiger partial charge in [0.05, 0.1) is 23.6 Å². The van der Waals surface area contributed by atoms with E-state index in [-0.39, 0.29) is 34.2 Å². The molecule has 0 bridgehead atoms. The van der Waals surface area contributed by atoms with Crippen molar-refractivity contribution in [2.24, 2.45) is 22.7 Å². The molecule has 1 heterocycles. The molecule has 4 saturated carbocycles. The maximum Gasteiger partial charge on any atom is 0.335 e. The molecule has 5 nitrogen and oxygen atoms in total. The molecule has 0 saturated heterocycles. The average Bonchev–Trinajstić information content (AvgIpc) is 2.95. The molecule has 4 aliphatic carbocycles. The number of rotatable bonds is 1. The lowest BCUT2D eigenvalue weighted by atomic mass is 9.42. The smallest absolute Gasteiger partial charge is 0.335 e. The van der Waals surface area contributed by atoms with Gasteiger partial charge in [0.25, 0.3) is 0 Å². The van der Waals surface area contributed by atoms with E-state index < -0.39 is 17.3 Å². The molecule has 5 heteroatoms. The molecule has 1 aromatic heterocycles. The van der Waals surface area contributed by atoms with Crippen LogP contribution in [0.15, 0.2) is 27.6 Å². The Morgan fingerprint density at radius 3 is 2.38 bits per heavy atom. The van der Waals surface area contributed by atoms with Crippen molar-refractivity contribution in [2.45, 2.75) is 94.9 Å². The molecule has 29 heavy (non-hydrogen) atoms. The van der Waals surface area contributed by atoms with Gasteiger partial charge >= 0.3 is 5.63 Å². The standard InChI is InChI=1S/C24H34O5/c1-21-9-5-16(25)13-23(21,27)11-7-19-18(21)6-10-22(2)17(8-12-24(19,22)28)15-3-4-20(26)29-14-15/h3-4,14,16-19,25,27-28H,5-13H2,1-2H3/t16-,17+,18+,19+,21+,22+,23-,24-/m0/s1. The third-order valence-corrected chi connectivity index (χ3v) is 10.1. The van der Waals surface area contributed by atoms with Crippen LogP contribution in [0.1, 0.15) is 83.1 Å².